The van der Waals surface area contributed by atoms with Crippen LogP contribution in [0.5, 0.6) is 0 Å². The molecule has 0 spiro atoms. The Hall–Kier alpha value is -2.58. The first-order chi connectivity index (χ1) is 12.9. The van der Waals surface area contributed by atoms with E-state index in [9.17, 15) is 18.0 Å². The van der Waals surface area contributed by atoms with Gasteiger partial charge in [0.2, 0.25) is 0 Å². The average Bonchev–Trinajstić information content (AvgIpc) is 2.86. The van der Waals surface area contributed by atoms with Gasteiger partial charge in [0.05, 0.1) is 12.1 Å². The molecule has 27 heavy (non-hydrogen) atoms. The number of aromatic nitrogens is 3. The molecule has 0 aliphatic carbocycles. The number of aryl methyl sites for hydroxylation is 1. The maximum atomic E-state index is 12.5. The predicted octanol–water partition coefficient (Wildman–Crippen LogP) is 3.07. The van der Waals surface area contributed by atoms with Crippen molar-refractivity contribution in [3.8, 4) is 0 Å². The molecule has 1 aromatic carbocycles. The number of urea groups is 1. The first-order valence-electron chi connectivity index (χ1n) is 9.02. The number of rotatable bonds is 5. The molecule has 9 heteroatoms. The molecule has 0 atom stereocenters. The van der Waals surface area contributed by atoms with Crippen molar-refractivity contribution in [2.24, 2.45) is 0 Å². The molecular weight excluding hydrogens is 359 g/mol. The number of halogens is 3. The van der Waals surface area contributed by atoms with Crippen molar-refractivity contribution in [2.75, 3.05) is 6.54 Å². The van der Waals surface area contributed by atoms with Crippen LogP contribution in [0.15, 0.2) is 24.3 Å². The highest BCUT2D eigenvalue weighted by Gasteiger charge is 2.29. The number of hydrogen-bond donors (Lipinski definition) is 2. The Morgan fingerprint density at radius 1 is 1.07 bits per heavy atom. The second-order valence-electron chi connectivity index (χ2n) is 6.55. The Kier molecular flexibility index (Phi) is 5.98. The van der Waals surface area contributed by atoms with Gasteiger partial charge in [-0.25, -0.2) is 4.79 Å². The zero-order chi connectivity index (χ0) is 19.3. The van der Waals surface area contributed by atoms with E-state index >= 15 is 0 Å². The number of hydrogen-bond acceptors (Lipinski definition) is 3. The van der Waals surface area contributed by atoms with Crippen molar-refractivity contribution in [1.82, 2.24) is 25.4 Å². The van der Waals surface area contributed by atoms with Crippen molar-refractivity contribution >= 4 is 6.03 Å². The van der Waals surface area contributed by atoms with Gasteiger partial charge in [-0.2, -0.15) is 13.2 Å². The molecule has 3 rings (SSSR count). The molecule has 2 heterocycles. The van der Waals surface area contributed by atoms with E-state index in [4.69, 9.17) is 0 Å². The van der Waals surface area contributed by atoms with Gasteiger partial charge in [0.25, 0.3) is 0 Å². The molecule has 0 bridgehead atoms. The number of alkyl halides is 3. The lowest BCUT2D eigenvalue weighted by molar-refractivity contribution is -0.137. The highest BCUT2D eigenvalue weighted by molar-refractivity contribution is 5.73. The van der Waals surface area contributed by atoms with Crippen LogP contribution >= 0.6 is 0 Å². The molecule has 1 aliphatic rings. The molecule has 2 N–H and O–H groups in total. The fraction of sp³-hybridized carbons (Fsp3) is 0.500. The minimum absolute atomic E-state index is 0.291. The summed E-state index contributed by atoms with van der Waals surface area (Å²) >= 11 is 0. The molecule has 2 amide bonds. The minimum Gasteiger partial charge on any atom is -0.338 e. The minimum atomic E-state index is -4.34. The molecule has 1 aliphatic heterocycles. The third kappa shape index (κ3) is 5.21. The SMILES string of the molecule is O=C(NCCc1ccc(C(F)(F)F)cc1)NCc1nnc2n1CCCCC2. The van der Waals surface area contributed by atoms with E-state index in [0.29, 0.717) is 19.5 Å². The third-order valence-electron chi connectivity index (χ3n) is 4.57. The molecule has 6 nitrogen and oxygen atoms in total. The van der Waals surface area contributed by atoms with E-state index in [1.807, 2.05) is 0 Å². The van der Waals surface area contributed by atoms with Crippen LogP contribution in [0, 0.1) is 0 Å². The molecule has 0 saturated carbocycles. The van der Waals surface area contributed by atoms with E-state index in [-0.39, 0.29) is 6.03 Å². The van der Waals surface area contributed by atoms with Crippen molar-refractivity contribution in [3.63, 3.8) is 0 Å². The lowest BCUT2D eigenvalue weighted by Gasteiger charge is -2.10. The van der Waals surface area contributed by atoms with Gasteiger partial charge in [0.1, 0.15) is 5.82 Å². The summed E-state index contributed by atoms with van der Waals surface area (Å²) in [5.41, 5.74) is 0.0514. The van der Waals surface area contributed by atoms with Crippen LogP contribution in [0.3, 0.4) is 0 Å². The van der Waals surface area contributed by atoms with E-state index in [1.54, 1.807) is 0 Å². The summed E-state index contributed by atoms with van der Waals surface area (Å²) in [6, 6.07) is 4.61. The summed E-state index contributed by atoms with van der Waals surface area (Å²) < 4.78 is 39.7. The van der Waals surface area contributed by atoms with Gasteiger partial charge in [0, 0.05) is 19.5 Å². The Morgan fingerprint density at radius 3 is 2.59 bits per heavy atom. The largest absolute Gasteiger partial charge is 0.416 e. The zero-order valence-electron chi connectivity index (χ0n) is 14.9. The summed E-state index contributed by atoms with van der Waals surface area (Å²) in [7, 11) is 0. The third-order valence-corrected chi connectivity index (χ3v) is 4.57. The molecule has 146 valence electrons. The van der Waals surface area contributed by atoms with Crippen LogP contribution < -0.4 is 10.6 Å². The van der Waals surface area contributed by atoms with Gasteiger partial charge in [-0.05, 0) is 37.0 Å². The van der Waals surface area contributed by atoms with E-state index in [1.165, 1.54) is 18.6 Å². The van der Waals surface area contributed by atoms with E-state index in [2.05, 4.69) is 25.4 Å². The van der Waals surface area contributed by atoms with Crippen LogP contribution in [0.25, 0.3) is 0 Å². The lowest BCUT2D eigenvalue weighted by atomic mass is 10.1. The Labute approximate surface area is 155 Å². The van der Waals surface area contributed by atoms with Crippen LogP contribution in [0.2, 0.25) is 0 Å². The summed E-state index contributed by atoms with van der Waals surface area (Å²) in [5, 5.41) is 13.8. The predicted molar refractivity (Wildman–Crippen MR) is 93.0 cm³/mol. The van der Waals surface area contributed by atoms with Crippen LogP contribution in [0.1, 0.15) is 42.0 Å². The van der Waals surface area contributed by atoms with Crippen molar-refractivity contribution < 1.29 is 18.0 Å². The van der Waals surface area contributed by atoms with Crippen molar-refractivity contribution in [1.29, 1.82) is 0 Å². The van der Waals surface area contributed by atoms with Crippen LogP contribution in [-0.4, -0.2) is 27.3 Å². The van der Waals surface area contributed by atoms with Gasteiger partial charge in [0.15, 0.2) is 5.82 Å². The Balaban J connectivity index is 1.42. The number of carbonyl (C=O) groups is 1. The number of fused-ring (bicyclic) bond motifs is 1. The smallest absolute Gasteiger partial charge is 0.338 e. The first-order valence-corrected chi connectivity index (χ1v) is 9.02. The topological polar surface area (TPSA) is 71.8 Å². The molecule has 0 fully saturated rings. The van der Waals surface area contributed by atoms with Gasteiger partial charge < -0.3 is 15.2 Å². The summed E-state index contributed by atoms with van der Waals surface area (Å²) in [4.78, 5) is 11.9. The second kappa shape index (κ2) is 8.41. The second-order valence-corrected chi connectivity index (χ2v) is 6.55. The molecular formula is C18H22F3N5O. The Morgan fingerprint density at radius 2 is 1.85 bits per heavy atom. The summed E-state index contributed by atoms with van der Waals surface area (Å²) in [6.07, 6.45) is 0.378. The fourth-order valence-electron chi connectivity index (χ4n) is 3.08. The molecule has 2 aromatic rings. The quantitative estimate of drug-likeness (QED) is 0.836. The normalized spacial score (nSPS) is 14.3. The van der Waals surface area contributed by atoms with Gasteiger partial charge >= 0.3 is 12.2 Å². The highest BCUT2D eigenvalue weighted by Crippen LogP contribution is 2.29. The average molecular weight is 381 g/mol. The van der Waals surface area contributed by atoms with Gasteiger partial charge in [-0.1, -0.05) is 18.6 Å². The van der Waals surface area contributed by atoms with Crippen molar-refractivity contribution in [2.45, 2.75) is 51.4 Å². The fourth-order valence-corrected chi connectivity index (χ4v) is 3.08. The maximum absolute atomic E-state index is 12.5. The van der Waals surface area contributed by atoms with Crippen molar-refractivity contribution in [3.05, 3.63) is 47.0 Å². The number of benzene rings is 1. The van der Waals surface area contributed by atoms with Gasteiger partial charge in [-0.3, -0.25) is 0 Å². The monoisotopic (exact) mass is 381 g/mol. The van der Waals surface area contributed by atoms with Crippen LogP contribution in [-0.2, 0) is 32.1 Å². The molecule has 0 radical (unpaired) electrons. The maximum Gasteiger partial charge on any atom is 0.416 e. The summed E-state index contributed by atoms with van der Waals surface area (Å²) in [5.74, 6) is 1.71. The number of nitrogens with one attached hydrogen (secondary N) is 2. The van der Waals surface area contributed by atoms with Gasteiger partial charge in [-0.15, -0.1) is 10.2 Å². The summed E-state index contributed by atoms with van der Waals surface area (Å²) in [6.45, 7) is 1.49. The number of nitrogens with zero attached hydrogens (tertiary/aromatic N) is 3. The highest BCUT2D eigenvalue weighted by atomic mass is 19.4. The number of amides is 2. The lowest BCUT2D eigenvalue weighted by Crippen LogP contribution is -2.36. The van der Waals surface area contributed by atoms with Crippen LogP contribution in [0.4, 0.5) is 18.0 Å². The first kappa shape index (κ1) is 19.2. The molecule has 0 unspecified atom stereocenters. The molecule has 1 aromatic heterocycles. The van der Waals surface area contributed by atoms with E-state index < -0.39 is 11.7 Å². The van der Waals surface area contributed by atoms with E-state index in [0.717, 1.165) is 55.2 Å². The standard InChI is InChI=1S/C18H22F3N5O/c19-18(20,21)14-7-5-13(6-8-14)9-10-22-17(27)23-12-16-25-24-15-4-2-1-3-11-26(15)16/h5-8H,1-4,9-12H2,(H2,22,23,27). The zero-order valence-corrected chi connectivity index (χ0v) is 14.9. The Bertz CT molecular complexity index is 770. The number of carbonyl (C=O) groups excluding carboxylic acids is 1. The molecule has 0 saturated heterocycles.